The lowest BCUT2D eigenvalue weighted by Gasteiger charge is -2.33. The van der Waals surface area contributed by atoms with Crippen LogP contribution >= 0.6 is 0 Å². The van der Waals surface area contributed by atoms with E-state index in [9.17, 15) is 22.8 Å². The van der Waals surface area contributed by atoms with Crippen molar-refractivity contribution in [3.05, 3.63) is 53.1 Å². The average molecular weight is 589 g/mol. The van der Waals surface area contributed by atoms with Crippen molar-refractivity contribution in [3.8, 4) is 0 Å². The van der Waals surface area contributed by atoms with Crippen molar-refractivity contribution in [2.24, 2.45) is 5.92 Å². The Kier molecular flexibility index (Phi) is 8.92. The second-order valence-electron chi connectivity index (χ2n) is 12.7. The number of rotatable bonds is 6. The van der Waals surface area contributed by atoms with Gasteiger partial charge in [-0.3, -0.25) is 9.48 Å². The summed E-state index contributed by atoms with van der Waals surface area (Å²) in [6.45, 7) is 20.1. The van der Waals surface area contributed by atoms with Crippen LogP contribution in [0.2, 0.25) is 0 Å². The minimum Gasteiger partial charge on any atom is -0.444 e. The Morgan fingerprint density at radius 2 is 1.79 bits per heavy atom. The number of carbonyl (C=O) groups is 2. The van der Waals surface area contributed by atoms with Gasteiger partial charge < -0.3 is 19.9 Å². The smallest absolute Gasteiger partial charge is 0.410 e. The molecule has 0 bridgehead atoms. The molecule has 1 aromatic carbocycles. The molecule has 1 unspecified atom stereocenters. The molecule has 0 radical (unpaired) electrons. The summed E-state index contributed by atoms with van der Waals surface area (Å²) in [5, 5.41) is 6.99. The maximum Gasteiger partial charge on any atom is 0.410 e. The summed E-state index contributed by atoms with van der Waals surface area (Å²) in [6, 6.07) is 3.13. The molecule has 2 fully saturated rings. The maximum absolute atomic E-state index is 13.4. The molecular formula is C30H39F3N6O3. The second kappa shape index (κ2) is 12.0. The molecule has 0 aliphatic carbocycles. The zero-order valence-electron chi connectivity index (χ0n) is 24.8. The van der Waals surface area contributed by atoms with Gasteiger partial charge in [-0.05, 0) is 96.5 Å². The summed E-state index contributed by atoms with van der Waals surface area (Å²) in [5.74, 6) is 0.180. The van der Waals surface area contributed by atoms with Gasteiger partial charge in [-0.25, -0.2) is 9.64 Å². The summed E-state index contributed by atoms with van der Waals surface area (Å²) in [5.41, 5.74) is -2.30. The standard InChI is InChI=1S/C30H39F3N6O3/c1-28(2,3)42-27(41)38-14-9-20(18-38)17-37-12-10-21(11-13-37)22-16-35-39(19-22)29(4,5)26(40)36-23-7-8-25(34-6)24(15-23)30(31,32)33/h7-8,15-16,19-21H,9-14,17-18H2,1-5H3,(H,36,40). The third kappa shape index (κ3) is 7.43. The topological polar surface area (TPSA) is 84.1 Å². The van der Waals surface area contributed by atoms with E-state index < -0.39 is 34.5 Å². The Hall–Kier alpha value is -3.59. The van der Waals surface area contributed by atoms with Gasteiger partial charge in [0.25, 0.3) is 5.91 Å². The number of nitrogens with one attached hydrogen (secondary N) is 1. The van der Waals surface area contributed by atoms with Gasteiger partial charge in [-0.2, -0.15) is 18.3 Å². The van der Waals surface area contributed by atoms with E-state index in [1.165, 1.54) is 6.07 Å². The van der Waals surface area contributed by atoms with Crippen molar-refractivity contribution in [2.45, 2.75) is 77.1 Å². The number of benzene rings is 1. The van der Waals surface area contributed by atoms with Crippen LogP contribution in [0.15, 0.2) is 30.6 Å². The molecule has 12 heteroatoms. The van der Waals surface area contributed by atoms with Crippen LogP contribution in [0.1, 0.15) is 70.9 Å². The highest BCUT2D eigenvalue weighted by Gasteiger charge is 2.36. The molecule has 2 aromatic rings. The van der Waals surface area contributed by atoms with Gasteiger partial charge in [0.1, 0.15) is 11.1 Å². The average Bonchev–Trinajstić information content (AvgIpc) is 3.58. The van der Waals surface area contributed by atoms with Crippen LogP contribution in [-0.4, -0.2) is 69.9 Å². The number of hydrogen-bond donors (Lipinski definition) is 1. The van der Waals surface area contributed by atoms with E-state index >= 15 is 0 Å². The van der Waals surface area contributed by atoms with E-state index in [1.807, 2.05) is 27.0 Å². The molecule has 1 N–H and O–H groups in total. The molecule has 2 amide bonds. The number of anilines is 1. The highest BCUT2D eigenvalue weighted by Crippen LogP contribution is 2.38. The zero-order chi connectivity index (χ0) is 30.9. The van der Waals surface area contributed by atoms with Gasteiger partial charge in [0.05, 0.1) is 18.3 Å². The number of amides is 2. The number of ether oxygens (including phenoxy) is 1. The summed E-state index contributed by atoms with van der Waals surface area (Å²) in [7, 11) is 0. The fourth-order valence-electron chi connectivity index (χ4n) is 5.47. The van der Waals surface area contributed by atoms with Gasteiger partial charge in [0.2, 0.25) is 0 Å². The Morgan fingerprint density at radius 1 is 1.10 bits per heavy atom. The van der Waals surface area contributed by atoms with Gasteiger partial charge in [0.15, 0.2) is 5.69 Å². The van der Waals surface area contributed by atoms with Crippen LogP contribution in [0.3, 0.4) is 0 Å². The van der Waals surface area contributed by atoms with Crippen molar-refractivity contribution in [2.75, 3.05) is 38.0 Å². The number of nitrogens with zero attached hydrogens (tertiary/aromatic N) is 5. The molecule has 2 aliphatic heterocycles. The Bertz CT molecular complexity index is 1330. The number of carbonyl (C=O) groups excluding carboxylic acids is 2. The molecule has 1 atom stereocenters. The number of alkyl halides is 3. The summed E-state index contributed by atoms with van der Waals surface area (Å²) < 4.78 is 47.1. The Morgan fingerprint density at radius 3 is 2.40 bits per heavy atom. The van der Waals surface area contributed by atoms with Crippen LogP contribution < -0.4 is 5.32 Å². The second-order valence-corrected chi connectivity index (χ2v) is 12.7. The summed E-state index contributed by atoms with van der Waals surface area (Å²) in [6.07, 6.45) is 1.49. The number of halogens is 3. The normalized spacial score (nSPS) is 19.0. The number of likely N-dealkylation sites (tertiary alicyclic amines) is 2. The minimum absolute atomic E-state index is 0.0379. The molecule has 2 aliphatic rings. The van der Waals surface area contributed by atoms with E-state index in [-0.39, 0.29) is 17.7 Å². The van der Waals surface area contributed by atoms with Crippen LogP contribution in [0.25, 0.3) is 4.85 Å². The van der Waals surface area contributed by atoms with Gasteiger partial charge in [-0.1, -0.05) is 6.07 Å². The molecule has 3 heterocycles. The molecule has 0 spiro atoms. The SMILES string of the molecule is [C-]#[N+]c1ccc(NC(=O)C(C)(C)n2cc(C3CCN(CC4CCN(C(=O)OC(C)(C)C)C4)CC3)cn2)cc1C(F)(F)F. The van der Waals surface area contributed by atoms with E-state index in [0.717, 1.165) is 56.6 Å². The third-order valence-electron chi connectivity index (χ3n) is 7.92. The maximum atomic E-state index is 13.4. The zero-order valence-corrected chi connectivity index (χ0v) is 24.8. The Labute approximate surface area is 244 Å². The van der Waals surface area contributed by atoms with E-state index in [0.29, 0.717) is 19.0 Å². The first kappa shape index (κ1) is 31.3. The Balaban J connectivity index is 1.31. The van der Waals surface area contributed by atoms with Gasteiger partial charge in [0, 0.05) is 31.5 Å². The fourth-order valence-corrected chi connectivity index (χ4v) is 5.47. The minimum atomic E-state index is -4.71. The van der Waals surface area contributed by atoms with Crippen LogP contribution in [0, 0.1) is 12.5 Å². The molecule has 228 valence electrons. The van der Waals surface area contributed by atoms with Crippen LogP contribution in [0.5, 0.6) is 0 Å². The predicted molar refractivity (Wildman–Crippen MR) is 152 cm³/mol. The molecule has 4 rings (SSSR count). The summed E-state index contributed by atoms with van der Waals surface area (Å²) in [4.78, 5) is 32.7. The lowest BCUT2D eigenvalue weighted by molar-refractivity contribution is -0.136. The van der Waals surface area contributed by atoms with Crippen molar-refractivity contribution in [1.29, 1.82) is 0 Å². The monoisotopic (exact) mass is 588 g/mol. The predicted octanol–water partition coefficient (Wildman–Crippen LogP) is 6.26. The van der Waals surface area contributed by atoms with E-state index in [1.54, 1.807) is 29.6 Å². The quantitative estimate of drug-likeness (QED) is 0.403. The van der Waals surface area contributed by atoms with Gasteiger partial charge >= 0.3 is 12.3 Å². The number of piperidine rings is 1. The largest absolute Gasteiger partial charge is 0.444 e. The summed E-state index contributed by atoms with van der Waals surface area (Å²) >= 11 is 0. The third-order valence-corrected chi connectivity index (χ3v) is 7.92. The van der Waals surface area contributed by atoms with Crippen molar-refractivity contribution in [1.82, 2.24) is 19.6 Å². The fraction of sp³-hybridized carbons (Fsp3) is 0.600. The van der Waals surface area contributed by atoms with E-state index in [4.69, 9.17) is 11.3 Å². The lowest BCUT2D eigenvalue weighted by atomic mass is 9.91. The molecular weight excluding hydrogens is 549 g/mol. The number of hydrogen-bond acceptors (Lipinski definition) is 5. The van der Waals surface area contributed by atoms with Crippen LogP contribution in [0.4, 0.5) is 29.3 Å². The molecule has 42 heavy (non-hydrogen) atoms. The molecule has 9 nitrogen and oxygen atoms in total. The molecule has 0 saturated carbocycles. The number of aromatic nitrogens is 2. The first-order valence-electron chi connectivity index (χ1n) is 14.2. The van der Waals surface area contributed by atoms with Crippen molar-refractivity contribution < 1.29 is 27.5 Å². The van der Waals surface area contributed by atoms with Gasteiger partial charge in [-0.15, -0.1) is 0 Å². The van der Waals surface area contributed by atoms with E-state index in [2.05, 4.69) is 20.2 Å². The first-order valence-corrected chi connectivity index (χ1v) is 14.2. The molecule has 1 aromatic heterocycles. The van der Waals surface area contributed by atoms with Crippen molar-refractivity contribution >= 4 is 23.4 Å². The highest BCUT2D eigenvalue weighted by molar-refractivity contribution is 5.96. The highest BCUT2D eigenvalue weighted by atomic mass is 19.4. The first-order chi connectivity index (χ1) is 19.6. The van der Waals surface area contributed by atoms with Crippen molar-refractivity contribution in [3.63, 3.8) is 0 Å². The van der Waals surface area contributed by atoms with Crippen LogP contribution in [-0.2, 0) is 21.2 Å². The lowest BCUT2D eigenvalue weighted by Crippen LogP contribution is -2.40. The molecule has 2 saturated heterocycles.